The lowest BCUT2D eigenvalue weighted by atomic mass is 9.93. The average molecular weight is 387 g/mol. The zero-order chi connectivity index (χ0) is 20.5. The van der Waals surface area contributed by atoms with E-state index in [-0.39, 0.29) is 11.5 Å². The van der Waals surface area contributed by atoms with Gasteiger partial charge in [0, 0.05) is 28.3 Å². The maximum atomic E-state index is 11.8. The third-order valence-corrected chi connectivity index (χ3v) is 4.61. The van der Waals surface area contributed by atoms with Crippen molar-refractivity contribution in [2.45, 2.75) is 26.9 Å². The molecule has 0 aromatic heterocycles. The Balaban J connectivity index is 1.82. The molecule has 1 amide bonds. The van der Waals surface area contributed by atoms with Crippen LogP contribution in [-0.4, -0.2) is 12.2 Å². The molecule has 146 valence electrons. The van der Waals surface area contributed by atoms with Crippen molar-refractivity contribution in [3.8, 4) is 22.5 Å². The Labute approximate surface area is 168 Å². The molecule has 0 spiro atoms. The van der Waals surface area contributed by atoms with Crippen LogP contribution in [0.15, 0.2) is 69.9 Å². The maximum absolute atomic E-state index is 11.8. The lowest BCUT2D eigenvalue weighted by Gasteiger charge is -2.16. The number of benzene rings is 3. The van der Waals surface area contributed by atoms with E-state index in [2.05, 4.69) is 5.32 Å². The topological polar surface area (TPSA) is 68.5 Å². The van der Waals surface area contributed by atoms with Gasteiger partial charge >= 0.3 is 6.09 Å². The van der Waals surface area contributed by atoms with E-state index in [1.165, 1.54) is 6.07 Å². The number of amides is 1. The number of carbonyl (C=O) groups is 1. The van der Waals surface area contributed by atoms with Crippen LogP contribution in [0.1, 0.15) is 19.4 Å². The van der Waals surface area contributed by atoms with Gasteiger partial charge in [-0.25, -0.2) is 4.79 Å². The van der Waals surface area contributed by atoms with Gasteiger partial charge in [0.2, 0.25) is 0 Å². The van der Waals surface area contributed by atoms with Crippen molar-refractivity contribution in [3.05, 3.63) is 76.5 Å². The largest absolute Gasteiger partial charge is 0.456 e. The Morgan fingerprint density at radius 3 is 2.48 bits per heavy atom. The summed E-state index contributed by atoms with van der Waals surface area (Å²) < 4.78 is 11.1. The van der Waals surface area contributed by atoms with Crippen molar-refractivity contribution in [2.24, 2.45) is 0 Å². The highest BCUT2D eigenvalue weighted by atomic mass is 16.6. The SMILES string of the molecule is Cc1ccc2c(-c3ccc(NC(=O)OC(C)C)cc3)c3ccc(=O)cc-3oc2c1. The van der Waals surface area contributed by atoms with E-state index in [1.807, 2.05) is 49.4 Å². The summed E-state index contributed by atoms with van der Waals surface area (Å²) in [6.45, 7) is 5.60. The predicted octanol–water partition coefficient (Wildman–Crippen LogP) is 5.83. The van der Waals surface area contributed by atoms with Gasteiger partial charge in [-0.1, -0.05) is 24.3 Å². The third-order valence-electron chi connectivity index (χ3n) is 4.61. The van der Waals surface area contributed by atoms with Gasteiger partial charge in [0.25, 0.3) is 0 Å². The van der Waals surface area contributed by atoms with Gasteiger partial charge in [-0.3, -0.25) is 10.1 Å². The van der Waals surface area contributed by atoms with Crippen LogP contribution in [0.3, 0.4) is 0 Å². The molecule has 1 aliphatic heterocycles. The lowest BCUT2D eigenvalue weighted by molar-refractivity contribution is 0.130. The number of hydrogen-bond donors (Lipinski definition) is 1. The number of ether oxygens (including phenoxy) is 1. The van der Waals surface area contributed by atoms with Gasteiger partial charge in [0.1, 0.15) is 11.3 Å². The number of nitrogens with one attached hydrogen (secondary N) is 1. The standard InChI is InChI=1S/C24H21NO4/c1-14(2)28-24(27)25-17-7-5-16(6-8-17)23-19-10-4-15(3)12-21(19)29-22-13-18(26)9-11-20(22)23/h4-14H,1-3H3,(H,25,27). The van der Waals surface area contributed by atoms with Gasteiger partial charge in [-0.05, 0) is 62.2 Å². The molecular weight excluding hydrogens is 366 g/mol. The minimum Gasteiger partial charge on any atom is -0.456 e. The molecule has 0 radical (unpaired) electrons. The molecule has 2 aromatic rings. The summed E-state index contributed by atoms with van der Waals surface area (Å²) in [5.74, 6) is 0.549. The zero-order valence-corrected chi connectivity index (χ0v) is 16.5. The highest BCUT2D eigenvalue weighted by Gasteiger charge is 2.17. The summed E-state index contributed by atoms with van der Waals surface area (Å²) in [5.41, 5.74) is 5.15. The molecular formula is C24H21NO4. The molecule has 4 rings (SSSR count). The fourth-order valence-electron chi connectivity index (χ4n) is 3.37. The van der Waals surface area contributed by atoms with Crippen molar-refractivity contribution in [2.75, 3.05) is 5.32 Å². The normalized spacial score (nSPS) is 11.2. The Hall–Kier alpha value is -3.60. The molecule has 0 bridgehead atoms. The van der Waals surface area contributed by atoms with E-state index in [4.69, 9.17) is 9.15 Å². The Bertz CT molecular complexity index is 1220. The van der Waals surface area contributed by atoms with Gasteiger partial charge in [0.15, 0.2) is 5.43 Å². The molecule has 1 aliphatic carbocycles. The second-order valence-corrected chi connectivity index (χ2v) is 7.29. The van der Waals surface area contributed by atoms with Crippen molar-refractivity contribution < 1.29 is 13.9 Å². The van der Waals surface area contributed by atoms with Crippen LogP contribution in [0.25, 0.3) is 33.4 Å². The summed E-state index contributed by atoms with van der Waals surface area (Å²) in [5, 5.41) is 3.68. The van der Waals surface area contributed by atoms with Gasteiger partial charge < -0.3 is 9.15 Å². The van der Waals surface area contributed by atoms with Crippen molar-refractivity contribution in [1.82, 2.24) is 0 Å². The minimum absolute atomic E-state index is 0.0950. The first kappa shape index (κ1) is 18.7. The van der Waals surface area contributed by atoms with E-state index < -0.39 is 6.09 Å². The van der Waals surface area contributed by atoms with Crippen LogP contribution in [-0.2, 0) is 4.74 Å². The molecule has 1 heterocycles. The van der Waals surface area contributed by atoms with E-state index in [0.29, 0.717) is 11.4 Å². The maximum Gasteiger partial charge on any atom is 0.411 e. The lowest BCUT2D eigenvalue weighted by Crippen LogP contribution is -2.17. The van der Waals surface area contributed by atoms with E-state index in [0.717, 1.165) is 33.2 Å². The summed E-state index contributed by atoms with van der Waals surface area (Å²) in [4.78, 5) is 23.7. The molecule has 5 nitrogen and oxygen atoms in total. The summed E-state index contributed by atoms with van der Waals surface area (Å²) in [6, 6.07) is 18.4. The van der Waals surface area contributed by atoms with Gasteiger partial charge in [-0.15, -0.1) is 0 Å². The molecule has 0 saturated heterocycles. The minimum atomic E-state index is -0.486. The Kier molecular flexibility index (Phi) is 4.80. The number of carbonyl (C=O) groups excluding carboxylic acids is 1. The Morgan fingerprint density at radius 2 is 1.76 bits per heavy atom. The Morgan fingerprint density at radius 1 is 1.00 bits per heavy atom. The molecule has 0 saturated carbocycles. The van der Waals surface area contributed by atoms with E-state index in [9.17, 15) is 9.59 Å². The van der Waals surface area contributed by atoms with Crippen molar-refractivity contribution >= 4 is 22.7 Å². The third kappa shape index (κ3) is 3.85. The quantitative estimate of drug-likeness (QED) is 0.449. The number of anilines is 1. The highest BCUT2D eigenvalue weighted by molar-refractivity contribution is 6.02. The van der Waals surface area contributed by atoms with Gasteiger partial charge in [0.05, 0.1) is 6.10 Å². The van der Waals surface area contributed by atoms with Crippen LogP contribution >= 0.6 is 0 Å². The monoisotopic (exact) mass is 387 g/mol. The molecule has 2 aromatic carbocycles. The zero-order valence-electron chi connectivity index (χ0n) is 16.5. The van der Waals surface area contributed by atoms with Crippen LogP contribution in [0.4, 0.5) is 10.5 Å². The molecule has 29 heavy (non-hydrogen) atoms. The molecule has 2 aliphatic rings. The van der Waals surface area contributed by atoms with E-state index in [1.54, 1.807) is 26.0 Å². The smallest absolute Gasteiger partial charge is 0.411 e. The fourth-order valence-corrected chi connectivity index (χ4v) is 3.37. The molecule has 0 unspecified atom stereocenters. The number of rotatable bonds is 3. The first-order valence-electron chi connectivity index (χ1n) is 9.46. The summed E-state index contributed by atoms with van der Waals surface area (Å²) in [7, 11) is 0. The van der Waals surface area contributed by atoms with Crippen LogP contribution in [0.2, 0.25) is 0 Å². The van der Waals surface area contributed by atoms with Crippen LogP contribution < -0.4 is 10.7 Å². The van der Waals surface area contributed by atoms with Crippen molar-refractivity contribution in [1.29, 1.82) is 0 Å². The number of fused-ring (bicyclic) bond motifs is 2. The highest BCUT2D eigenvalue weighted by Crippen LogP contribution is 2.40. The molecule has 0 fully saturated rings. The molecule has 1 N–H and O–H groups in total. The van der Waals surface area contributed by atoms with Crippen molar-refractivity contribution in [3.63, 3.8) is 0 Å². The van der Waals surface area contributed by atoms with Gasteiger partial charge in [-0.2, -0.15) is 0 Å². The number of hydrogen-bond acceptors (Lipinski definition) is 4. The first-order chi connectivity index (χ1) is 13.9. The number of aryl methyl sites for hydroxylation is 1. The molecule has 5 heteroatoms. The molecule has 0 atom stereocenters. The fraction of sp³-hybridized carbons (Fsp3) is 0.167. The second kappa shape index (κ2) is 7.43. The van der Waals surface area contributed by atoms with E-state index >= 15 is 0 Å². The average Bonchev–Trinajstić information content (AvgIpc) is 2.66. The predicted molar refractivity (Wildman–Crippen MR) is 115 cm³/mol. The van der Waals surface area contributed by atoms with Crippen LogP contribution in [0, 0.1) is 6.92 Å². The first-order valence-corrected chi connectivity index (χ1v) is 9.46. The summed E-state index contributed by atoms with van der Waals surface area (Å²) >= 11 is 0. The second-order valence-electron chi connectivity index (χ2n) is 7.29. The summed E-state index contributed by atoms with van der Waals surface area (Å²) in [6.07, 6.45) is -0.671. The van der Waals surface area contributed by atoms with Crippen LogP contribution in [0.5, 0.6) is 0 Å².